The smallest absolute Gasteiger partial charge is 0.265 e. The van der Waals surface area contributed by atoms with Gasteiger partial charge >= 0.3 is 0 Å². The molecule has 0 spiro atoms. The van der Waals surface area contributed by atoms with Crippen molar-refractivity contribution in [3.63, 3.8) is 0 Å². The minimum absolute atomic E-state index is 0.0239. The maximum atomic E-state index is 12.0. The Morgan fingerprint density at radius 2 is 2.11 bits per heavy atom. The van der Waals surface area contributed by atoms with Crippen molar-refractivity contribution in [3.8, 4) is 5.75 Å². The van der Waals surface area contributed by atoms with Gasteiger partial charge in [-0.2, -0.15) is 0 Å². The number of carbonyl (C=O) groups excluding carboxylic acids is 2. The van der Waals surface area contributed by atoms with Crippen molar-refractivity contribution in [2.24, 2.45) is 5.92 Å². The van der Waals surface area contributed by atoms with Crippen molar-refractivity contribution in [3.05, 3.63) is 24.3 Å². The lowest BCUT2D eigenvalue weighted by atomic mass is 10.0. The van der Waals surface area contributed by atoms with Crippen LogP contribution in [0, 0.1) is 5.92 Å². The van der Waals surface area contributed by atoms with E-state index in [0.717, 1.165) is 30.7 Å². The fraction of sp³-hybridized carbons (Fsp3) is 0.467. The minimum atomic E-state index is -0.0239. The van der Waals surface area contributed by atoms with E-state index in [1.165, 1.54) is 0 Å². The number of fused-ring (bicyclic) bond motifs is 1. The molecular formula is C15H17NO3. The van der Waals surface area contributed by atoms with Gasteiger partial charge in [-0.15, -0.1) is 0 Å². The second kappa shape index (κ2) is 5.03. The lowest BCUT2D eigenvalue weighted by Crippen LogP contribution is -2.40. The molecule has 1 atom stereocenters. The van der Waals surface area contributed by atoms with Gasteiger partial charge in [0.2, 0.25) is 0 Å². The zero-order valence-electron chi connectivity index (χ0n) is 10.8. The number of hydrogen-bond acceptors (Lipinski definition) is 3. The van der Waals surface area contributed by atoms with Gasteiger partial charge in [0.15, 0.2) is 6.61 Å². The molecule has 4 heteroatoms. The zero-order valence-corrected chi connectivity index (χ0v) is 10.8. The highest BCUT2D eigenvalue weighted by Crippen LogP contribution is 2.33. The summed E-state index contributed by atoms with van der Waals surface area (Å²) in [7, 11) is 0. The van der Waals surface area contributed by atoms with E-state index < -0.39 is 0 Å². The number of benzene rings is 1. The van der Waals surface area contributed by atoms with Crippen LogP contribution in [0.15, 0.2) is 24.3 Å². The van der Waals surface area contributed by atoms with E-state index >= 15 is 0 Å². The van der Waals surface area contributed by atoms with Crippen LogP contribution in [0.25, 0.3) is 0 Å². The van der Waals surface area contributed by atoms with E-state index in [0.29, 0.717) is 18.7 Å². The Bertz CT molecular complexity index is 512. The molecule has 4 nitrogen and oxygen atoms in total. The lowest BCUT2D eigenvalue weighted by Gasteiger charge is -2.29. The van der Waals surface area contributed by atoms with Crippen LogP contribution >= 0.6 is 0 Å². The highest BCUT2D eigenvalue weighted by Gasteiger charge is 2.29. The SMILES string of the molecule is O=C1CCCC1CCN1C(=O)COc2ccccc21. The summed E-state index contributed by atoms with van der Waals surface area (Å²) in [6, 6.07) is 7.56. The summed E-state index contributed by atoms with van der Waals surface area (Å²) in [5.74, 6) is 1.22. The van der Waals surface area contributed by atoms with Crippen molar-refractivity contribution >= 4 is 17.4 Å². The Labute approximate surface area is 112 Å². The normalized spacial score (nSPS) is 22.3. The Balaban J connectivity index is 1.73. The number of Topliss-reactive ketones (excluding diaryl/α,β-unsaturated/α-hetero) is 1. The highest BCUT2D eigenvalue weighted by atomic mass is 16.5. The third kappa shape index (κ3) is 2.35. The van der Waals surface area contributed by atoms with Crippen LogP contribution in [0.1, 0.15) is 25.7 Å². The summed E-state index contributed by atoms with van der Waals surface area (Å²) in [6.45, 7) is 0.700. The topological polar surface area (TPSA) is 46.6 Å². The number of anilines is 1. The molecule has 19 heavy (non-hydrogen) atoms. The van der Waals surface area contributed by atoms with Crippen LogP contribution < -0.4 is 9.64 Å². The quantitative estimate of drug-likeness (QED) is 0.835. The van der Waals surface area contributed by atoms with E-state index in [9.17, 15) is 9.59 Å². The van der Waals surface area contributed by atoms with Crippen LogP contribution in [0.5, 0.6) is 5.75 Å². The number of hydrogen-bond donors (Lipinski definition) is 0. The third-order valence-electron chi connectivity index (χ3n) is 3.94. The van der Waals surface area contributed by atoms with E-state index in [2.05, 4.69) is 0 Å². The molecule has 1 saturated carbocycles. The minimum Gasteiger partial charge on any atom is -0.482 e. The molecule has 3 rings (SSSR count). The van der Waals surface area contributed by atoms with Crippen molar-refractivity contribution in [2.75, 3.05) is 18.1 Å². The van der Waals surface area contributed by atoms with Crippen LogP contribution in [-0.4, -0.2) is 24.8 Å². The fourth-order valence-corrected chi connectivity index (χ4v) is 2.88. The van der Waals surface area contributed by atoms with Gasteiger partial charge in [0.05, 0.1) is 5.69 Å². The third-order valence-corrected chi connectivity index (χ3v) is 3.94. The second-order valence-corrected chi connectivity index (χ2v) is 5.15. The molecule has 0 saturated heterocycles. The first-order valence-corrected chi connectivity index (χ1v) is 6.80. The second-order valence-electron chi connectivity index (χ2n) is 5.15. The van der Waals surface area contributed by atoms with E-state index in [1.54, 1.807) is 4.90 Å². The Morgan fingerprint density at radius 1 is 1.26 bits per heavy atom. The fourth-order valence-electron chi connectivity index (χ4n) is 2.88. The standard InChI is InChI=1S/C15H17NO3/c17-13-6-3-4-11(13)8-9-16-12-5-1-2-7-14(12)19-10-15(16)18/h1-2,5,7,11H,3-4,6,8-10H2. The molecule has 2 aliphatic rings. The number of ether oxygens (including phenoxy) is 1. The predicted molar refractivity (Wildman–Crippen MR) is 71.3 cm³/mol. The summed E-state index contributed by atoms with van der Waals surface area (Å²) in [6.07, 6.45) is 3.44. The van der Waals surface area contributed by atoms with Crippen LogP contribution in [0.4, 0.5) is 5.69 Å². The molecule has 1 heterocycles. The first-order chi connectivity index (χ1) is 9.25. The molecule has 1 unspecified atom stereocenters. The largest absolute Gasteiger partial charge is 0.482 e. The molecule has 1 fully saturated rings. The van der Waals surface area contributed by atoms with Gasteiger partial charge in [0.25, 0.3) is 5.91 Å². The van der Waals surface area contributed by atoms with Crippen LogP contribution in [0.2, 0.25) is 0 Å². The van der Waals surface area contributed by atoms with Gasteiger partial charge in [-0.3, -0.25) is 9.59 Å². The maximum absolute atomic E-state index is 12.0. The maximum Gasteiger partial charge on any atom is 0.265 e. The molecule has 1 amide bonds. The first kappa shape index (κ1) is 12.2. The van der Waals surface area contributed by atoms with E-state index in [-0.39, 0.29) is 18.4 Å². The molecule has 1 aromatic rings. The molecule has 0 radical (unpaired) electrons. The summed E-state index contributed by atoms with van der Waals surface area (Å²) >= 11 is 0. The zero-order chi connectivity index (χ0) is 13.2. The average molecular weight is 259 g/mol. The summed E-state index contributed by atoms with van der Waals surface area (Å²) in [4.78, 5) is 25.4. The van der Waals surface area contributed by atoms with Crippen molar-refractivity contribution < 1.29 is 14.3 Å². The first-order valence-electron chi connectivity index (χ1n) is 6.80. The van der Waals surface area contributed by atoms with Gasteiger partial charge in [-0.1, -0.05) is 12.1 Å². The monoisotopic (exact) mass is 259 g/mol. The van der Waals surface area contributed by atoms with Crippen molar-refractivity contribution in [1.29, 1.82) is 0 Å². The summed E-state index contributed by atoms with van der Waals surface area (Å²) in [5, 5.41) is 0. The number of nitrogens with zero attached hydrogens (tertiary/aromatic N) is 1. The van der Waals surface area contributed by atoms with E-state index in [4.69, 9.17) is 4.74 Å². The number of carbonyl (C=O) groups is 2. The molecule has 1 aliphatic heterocycles. The Kier molecular flexibility index (Phi) is 3.23. The Hall–Kier alpha value is -1.84. The highest BCUT2D eigenvalue weighted by molar-refractivity contribution is 5.97. The molecule has 0 aromatic heterocycles. The number of ketones is 1. The van der Waals surface area contributed by atoms with Gasteiger partial charge < -0.3 is 9.64 Å². The predicted octanol–water partition coefficient (Wildman–Crippen LogP) is 2.17. The summed E-state index contributed by atoms with van der Waals surface area (Å²) in [5.41, 5.74) is 0.823. The lowest BCUT2D eigenvalue weighted by molar-refractivity contribution is -0.122. The molecule has 1 aromatic carbocycles. The molecule has 1 aliphatic carbocycles. The summed E-state index contributed by atoms with van der Waals surface area (Å²) < 4.78 is 5.40. The Morgan fingerprint density at radius 3 is 2.89 bits per heavy atom. The van der Waals surface area contributed by atoms with Gasteiger partial charge in [0.1, 0.15) is 11.5 Å². The van der Waals surface area contributed by atoms with Crippen molar-refractivity contribution in [2.45, 2.75) is 25.7 Å². The molecule has 0 N–H and O–H groups in total. The number of rotatable bonds is 3. The van der Waals surface area contributed by atoms with Gasteiger partial charge in [0, 0.05) is 18.9 Å². The number of amides is 1. The van der Waals surface area contributed by atoms with Gasteiger partial charge in [-0.05, 0) is 31.4 Å². The van der Waals surface area contributed by atoms with Crippen LogP contribution in [0.3, 0.4) is 0 Å². The number of para-hydroxylation sites is 2. The molecular weight excluding hydrogens is 242 g/mol. The van der Waals surface area contributed by atoms with Crippen LogP contribution in [-0.2, 0) is 9.59 Å². The molecule has 100 valence electrons. The van der Waals surface area contributed by atoms with Crippen molar-refractivity contribution in [1.82, 2.24) is 0 Å². The average Bonchev–Trinajstić information content (AvgIpc) is 2.83. The molecule has 0 bridgehead atoms. The van der Waals surface area contributed by atoms with E-state index in [1.807, 2.05) is 24.3 Å². The van der Waals surface area contributed by atoms with Gasteiger partial charge in [-0.25, -0.2) is 0 Å².